The number of para-hydroxylation sites is 1. The minimum atomic E-state index is -0.369. The van der Waals surface area contributed by atoms with Crippen LogP contribution in [0.2, 0.25) is 0 Å². The molecule has 1 aromatic rings. The van der Waals surface area contributed by atoms with Gasteiger partial charge in [-0.3, -0.25) is 10.1 Å². The van der Waals surface area contributed by atoms with Crippen molar-refractivity contribution in [1.82, 2.24) is 0 Å². The van der Waals surface area contributed by atoms with E-state index < -0.39 is 0 Å². The van der Waals surface area contributed by atoms with Crippen LogP contribution >= 0.6 is 12.6 Å². The second-order valence-electron chi connectivity index (χ2n) is 5.23. The zero-order valence-electron chi connectivity index (χ0n) is 12.7. The van der Waals surface area contributed by atoms with Crippen LogP contribution in [-0.2, 0) is 0 Å². The SMILES string of the molecule is Cc1cccc(OCCCCCCCCCS)c1[N+](=O)[O-]. The summed E-state index contributed by atoms with van der Waals surface area (Å²) in [7, 11) is 0. The highest BCUT2D eigenvalue weighted by atomic mass is 32.1. The Bertz CT molecular complexity index is 438. The van der Waals surface area contributed by atoms with Crippen molar-refractivity contribution in [3.8, 4) is 5.75 Å². The fourth-order valence-electron chi connectivity index (χ4n) is 2.26. The lowest BCUT2D eigenvalue weighted by Crippen LogP contribution is -2.01. The zero-order valence-corrected chi connectivity index (χ0v) is 13.6. The van der Waals surface area contributed by atoms with Crippen molar-refractivity contribution in [2.24, 2.45) is 0 Å². The van der Waals surface area contributed by atoms with E-state index in [1.165, 1.54) is 32.1 Å². The summed E-state index contributed by atoms with van der Waals surface area (Å²) in [5.41, 5.74) is 0.728. The molecule has 118 valence electrons. The van der Waals surface area contributed by atoms with Gasteiger partial charge in [-0.1, -0.05) is 44.2 Å². The Labute approximate surface area is 132 Å². The van der Waals surface area contributed by atoms with Gasteiger partial charge in [0.2, 0.25) is 0 Å². The molecule has 0 spiro atoms. The number of nitrogens with zero attached hydrogens (tertiary/aromatic N) is 1. The van der Waals surface area contributed by atoms with E-state index in [0.717, 1.165) is 18.6 Å². The number of hydrogen-bond donors (Lipinski definition) is 1. The molecule has 0 amide bonds. The first-order chi connectivity index (χ1) is 10.2. The molecule has 0 aliphatic carbocycles. The summed E-state index contributed by atoms with van der Waals surface area (Å²) < 4.78 is 5.57. The summed E-state index contributed by atoms with van der Waals surface area (Å²) in [4.78, 5) is 10.7. The quantitative estimate of drug-likeness (QED) is 0.272. The molecular weight excluding hydrogens is 286 g/mol. The standard InChI is InChI=1S/C16H25NO3S/c1-14-10-9-11-15(16(14)17(18)19)20-12-7-5-3-2-4-6-8-13-21/h9-11,21H,2-8,12-13H2,1H3. The van der Waals surface area contributed by atoms with Crippen molar-refractivity contribution >= 4 is 18.3 Å². The fraction of sp³-hybridized carbons (Fsp3) is 0.625. The Balaban J connectivity index is 2.21. The Morgan fingerprint density at radius 1 is 1.10 bits per heavy atom. The van der Waals surface area contributed by atoms with Gasteiger partial charge in [0.15, 0.2) is 5.75 Å². The van der Waals surface area contributed by atoms with Crippen LogP contribution in [0.1, 0.15) is 50.5 Å². The number of nitro groups is 1. The van der Waals surface area contributed by atoms with Gasteiger partial charge < -0.3 is 4.74 Å². The molecule has 4 nitrogen and oxygen atoms in total. The van der Waals surface area contributed by atoms with Gasteiger partial charge in [-0.2, -0.15) is 12.6 Å². The Morgan fingerprint density at radius 3 is 2.33 bits per heavy atom. The highest BCUT2D eigenvalue weighted by Gasteiger charge is 2.17. The molecule has 0 fully saturated rings. The molecule has 5 heteroatoms. The molecule has 1 aromatic carbocycles. The van der Waals surface area contributed by atoms with Crippen LogP contribution in [0.4, 0.5) is 5.69 Å². The molecule has 0 bridgehead atoms. The number of unbranched alkanes of at least 4 members (excludes halogenated alkanes) is 6. The summed E-state index contributed by atoms with van der Waals surface area (Å²) in [6, 6.07) is 5.19. The van der Waals surface area contributed by atoms with Gasteiger partial charge in [0.05, 0.1) is 11.5 Å². The predicted octanol–water partition coefficient (Wildman–Crippen LogP) is 4.94. The molecule has 0 atom stereocenters. The van der Waals surface area contributed by atoms with Crippen molar-refractivity contribution in [1.29, 1.82) is 0 Å². The van der Waals surface area contributed by atoms with E-state index in [2.05, 4.69) is 12.6 Å². The second-order valence-corrected chi connectivity index (χ2v) is 5.67. The van der Waals surface area contributed by atoms with Gasteiger partial charge in [-0.05, 0) is 31.6 Å². The van der Waals surface area contributed by atoms with Crippen LogP contribution < -0.4 is 4.74 Å². The topological polar surface area (TPSA) is 52.4 Å². The lowest BCUT2D eigenvalue weighted by atomic mass is 10.1. The summed E-state index contributed by atoms with van der Waals surface area (Å²) in [6.45, 7) is 2.27. The summed E-state index contributed by atoms with van der Waals surface area (Å²) in [6.07, 6.45) is 8.23. The van der Waals surface area contributed by atoms with Crippen LogP contribution in [0, 0.1) is 17.0 Å². The number of hydrogen-bond acceptors (Lipinski definition) is 4. The first-order valence-electron chi connectivity index (χ1n) is 7.64. The third kappa shape index (κ3) is 6.85. The summed E-state index contributed by atoms with van der Waals surface area (Å²) in [5, 5.41) is 11.0. The Hall–Kier alpha value is -1.23. The number of aryl methyl sites for hydroxylation is 1. The Morgan fingerprint density at radius 2 is 1.71 bits per heavy atom. The van der Waals surface area contributed by atoms with Crippen molar-refractivity contribution in [3.05, 3.63) is 33.9 Å². The van der Waals surface area contributed by atoms with Gasteiger partial charge in [0.1, 0.15) is 0 Å². The van der Waals surface area contributed by atoms with E-state index >= 15 is 0 Å². The smallest absolute Gasteiger partial charge is 0.313 e. The minimum Gasteiger partial charge on any atom is -0.487 e. The molecule has 21 heavy (non-hydrogen) atoms. The van der Waals surface area contributed by atoms with Crippen LogP contribution in [0.5, 0.6) is 5.75 Å². The Kier molecular flexibility index (Phi) is 8.90. The van der Waals surface area contributed by atoms with Crippen LogP contribution in [0.25, 0.3) is 0 Å². The highest BCUT2D eigenvalue weighted by Crippen LogP contribution is 2.30. The number of rotatable bonds is 11. The van der Waals surface area contributed by atoms with Crippen molar-refractivity contribution < 1.29 is 9.66 Å². The van der Waals surface area contributed by atoms with Gasteiger partial charge in [-0.25, -0.2) is 0 Å². The zero-order chi connectivity index (χ0) is 15.5. The molecule has 0 aliphatic heterocycles. The summed E-state index contributed by atoms with van der Waals surface area (Å²) in [5.74, 6) is 1.36. The average molecular weight is 311 g/mol. The van der Waals surface area contributed by atoms with E-state index in [4.69, 9.17) is 4.74 Å². The van der Waals surface area contributed by atoms with E-state index in [9.17, 15) is 10.1 Å². The van der Waals surface area contributed by atoms with E-state index in [1.807, 2.05) is 0 Å². The van der Waals surface area contributed by atoms with Gasteiger partial charge >= 0.3 is 5.69 Å². The van der Waals surface area contributed by atoms with E-state index in [-0.39, 0.29) is 10.6 Å². The number of benzene rings is 1. The highest BCUT2D eigenvalue weighted by molar-refractivity contribution is 7.80. The maximum absolute atomic E-state index is 11.0. The van der Waals surface area contributed by atoms with Gasteiger partial charge in [0.25, 0.3) is 0 Å². The molecule has 0 unspecified atom stereocenters. The maximum atomic E-state index is 11.0. The largest absolute Gasteiger partial charge is 0.487 e. The molecule has 0 aromatic heterocycles. The molecule has 0 radical (unpaired) electrons. The van der Waals surface area contributed by atoms with Crippen LogP contribution in [0.15, 0.2) is 18.2 Å². The van der Waals surface area contributed by atoms with Gasteiger partial charge in [-0.15, -0.1) is 0 Å². The number of ether oxygens (including phenoxy) is 1. The molecule has 0 saturated heterocycles. The predicted molar refractivity (Wildman–Crippen MR) is 89.5 cm³/mol. The van der Waals surface area contributed by atoms with Crippen LogP contribution in [0.3, 0.4) is 0 Å². The monoisotopic (exact) mass is 311 g/mol. The van der Waals surface area contributed by atoms with E-state index in [1.54, 1.807) is 25.1 Å². The first kappa shape index (κ1) is 17.8. The number of thiol groups is 1. The molecule has 0 heterocycles. The second kappa shape index (κ2) is 10.5. The summed E-state index contributed by atoms with van der Waals surface area (Å²) >= 11 is 4.19. The van der Waals surface area contributed by atoms with E-state index in [0.29, 0.717) is 17.9 Å². The number of nitro benzene ring substituents is 1. The van der Waals surface area contributed by atoms with Crippen LogP contribution in [-0.4, -0.2) is 17.3 Å². The first-order valence-corrected chi connectivity index (χ1v) is 8.27. The molecule has 0 saturated carbocycles. The average Bonchev–Trinajstić information content (AvgIpc) is 2.45. The lowest BCUT2D eigenvalue weighted by Gasteiger charge is -2.08. The molecule has 0 N–H and O–H groups in total. The van der Waals surface area contributed by atoms with Crippen molar-refractivity contribution in [2.45, 2.75) is 51.9 Å². The third-order valence-electron chi connectivity index (χ3n) is 3.44. The normalized spacial score (nSPS) is 10.6. The lowest BCUT2D eigenvalue weighted by molar-refractivity contribution is -0.386. The van der Waals surface area contributed by atoms with Crippen molar-refractivity contribution in [3.63, 3.8) is 0 Å². The fourth-order valence-corrected chi connectivity index (χ4v) is 2.49. The van der Waals surface area contributed by atoms with Gasteiger partial charge in [0, 0.05) is 5.56 Å². The molecule has 1 rings (SSSR count). The molecule has 0 aliphatic rings. The minimum absolute atomic E-state index is 0.0873. The van der Waals surface area contributed by atoms with Crippen molar-refractivity contribution in [2.75, 3.05) is 12.4 Å². The third-order valence-corrected chi connectivity index (χ3v) is 3.76. The maximum Gasteiger partial charge on any atom is 0.313 e. The molecular formula is C16H25NO3S.